The van der Waals surface area contributed by atoms with Gasteiger partial charge in [-0.2, -0.15) is 0 Å². The Balaban J connectivity index is 1.92. The van der Waals surface area contributed by atoms with E-state index >= 15 is 0 Å². The molecule has 1 nitrogen and oxygen atoms in total. The van der Waals surface area contributed by atoms with Crippen LogP contribution in [0.15, 0.2) is 72.8 Å². The molecule has 0 aliphatic rings. The first-order chi connectivity index (χ1) is 11.1. The SMILES string of the molecule is Cc1ccc(Cc2ccccc2C(=O)c2ccc(C)cc2)cc1. The summed E-state index contributed by atoms with van der Waals surface area (Å²) in [5, 5.41) is 0. The highest BCUT2D eigenvalue weighted by Crippen LogP contribution is 2.19. The lowest BCUT2D eigenvalue weighted by atomic mass is 9.94. The zero-order valence-electron chi connectivity index (χ0n) is 13.5. The van der Waals surface area contributed by atoms with Gasteiger partial charge in [-0.1, -0.05) is 83.9 Å². The Morgan fingerprint density at radius 2 is 1.30 bits per heavy atom. The van der Waals surface area contributed by atoms with Crippen LogP contribution in [0.5, 0.6) is 0 Å². The molecule has 3 aromatic rings. The van der Waals surface area contributed by atoms with Gasteiger partial charge in [0.2, 0.25) is 0 Å². The summed E-state index contributed by atoms with van der Waals surface area (Å²) in [5.41, 5.74) is 6.23. The minimum absolute atomic E-state index is 0.0905. The molecule has 3 rings (SSSR count). The Kier molecular flexibility index (Phi) is 4.38. The largest absolute Gasteiger partial charge is 0.289 e. The molecule has 0 saturated heterocycles. The number of ketones is 1. The van der Waals surface area contributed by atoms with E-state index in [2.05, 4.69) is 31.2 Å². The summed E-state index contributed by atoms with van der Waals surface area (Å²) in [4.78, 5) is 12.8. The fourth-order valence-corrected chi connectivity index (χ4v) is 2.68. The van der Waals surface area contributed by atoms with Crippen molar-refractivity contribution in [3.63, 3.8) is 0 Å². The van der Waals surface area contributed by atoms with E-state index in [4.69, 9.17) is 0 Å². The molecule has 23 heavy (non-hydrogen) atoms. The van der Waals surface area contributed by atoms with E-state index in [1.165, 1.54) is 11.1 Å². The van der Waals surface area contributed by atoms with Gasteiger partial charge in [-0.25, -0.2) is 0 Å². The zero-order valence-corrected chi connectivity index (χ0v) is 13.5. The maximum atomic E-state index is 12.8. The smallest absolute Gasteiger partial charge is 0.193 e. The van der Waals surface area contributed by atoms with Crippen LogP contribution in [0.25, 0.3) is 0 Å². The van der Waals surface area contributed by atoms with Gasteiger partial charge < -0.3 is 0 Å². The van der Waals surface area contributed by atoms with Gasteiger partial charge in [-0.3, -0.25) is 4.79 Å². The third kappa shape index (κ3) is 3.57. The molecule has 0 fully saturated rings. The molecule has 114 valence electrons. The topological polar surface area (TPSA) is 17.1 Å². The number of hydrogen-bond donors (Lipinski definition) is 0. The summed E-state index contributed by atoms with van der Waals surface area (Å²) in [6.07, 6.45) is 0.772. The van der Waals surface area contributed by atoms with Crippen molar-refractivity contribution in [1.82, 2.24) is 0 Å². The Labute approximate surface area is 137 Å². The van der Waals surface area contributed by atoms with Crippen LogP contribution in [0, 0.1) is 13.8 Å². The van der Waals surface area contributed by atoms with Crippen molar-refractivity contribution in [2.24, 2.45) is 0 Å². The average Bonchev–Trinajstić information content (AvgIpc) is 2.57. The van der Waals surface area contributed by atoms with Crippen LogP contribution in [0.4, 0.5) is 0 Å². The lowest BCUT2D eigenvalue weighted by Gasteiger charge is -2.09. The highest BCUT2D eigenvalue weighted by molar-refractivity contribution is 6.10. The van der Waals surface area contributed by atoms with Crippen LogP contribution in [0.1, 0.15) is 38.2 Å². The molecule has 0 aromatic heterocycles. The van der Waals surface area contributed by atoms with Crippen LogP contribution in [0.3, 0.4) is 0 Å². The summed E-state index contributed by atoms with van der Waals surface area (Å²) in [6, 6.07) is 24.1. The molecule has 0 heterocycles. The van der Waals surface area contributed by atoms with Crippen molar-refractivity contribution < 1.29 is 4.79 Å². The summed E-state index contributed by atoms with van der Waals surface area (Å²) in [5.74, 6) is 0.0905. The molecule has 3 aromatic carbocycles. The van der Waals surface area contributed by atoms with E-state index in [0.29, 0.717) is 0 Å². The molecule has 0 N–H and O–H groups in total. The molecule has 0 amide bonds. The van der Waals surface area contributed by atoms with Crippen LogP contribution in [-0.2, 0) is 6.42 Å². The van der Waals surface area contributed by atoms with E-state index < -0.39 is 0 Å². The fourth-order valence-electron chi connectivity index (χ4n) is 2.68. The second kappa shape index (κ2) is 6.62. The third-order valence-corrected chi connectivity index (χ3v) is 4.09. The number of hydrogen-bond acceptors (Lipinski definition) is 1. The molecular formula is C22H20O. The van der Waals surface area contributed by atoms with E-state index in [-0.39, 0.29) is 5.78 Å². The molecule has 0 atom stereocenters. The van der Waals surface area contributed by atoms with Crippen LogP contribution < -0.4 is 0 Å². The fraction of sp³-hybridized carbons (Fsp3) is 0.136. The predicted molar refractivity (Wildman–Crippen MR) is 95.0 cm³/mol. The minimum Gasteiger partial charge on any atom is -0.289 e. The maximum Gasteiger partial charge on any atom is 0.193 e. The molecule has 0 aliphatic carbocycles. The van der Waals surface area contributed by atoms with Gasteiger partial charge in [0.15, 0.2) is 5.78 Å². The lowest BCUT2D eigenvalue weighted by Crippen LogP contribution is -2.06. The average molecular weight is 300 g/mol. The third-order valence-electron chi connectivity index (χ3n) is 4.09. The first-order valence-electron chi connectivity index (χ1n) is 7.88. The summed E-state index contributed by atoms with van der Waals surface area (Å²) < 4.78 is 0. The summed E-state index contributed by atoms with van der Waals surface area (Å²) >= 11 is 0. The van der Waals surface area contributed by atoms with Gasteiger partial charge in [-0.05, 0) is 31.4 Å². The van der Waals surface area contributed by atoms with Crippen LogP contribution in [-0.4, -0.2) is 5.78 Å². The van der Waals surface area contributed by atoms with E-state index in [1.807, 2.05) is 55.5 Å². The normalized spacial score (nSPS) is 10.5. The van der Waals surface area contributed by atoms with E-state index in [1.54, 1.807) is 0 Å². The minimum atomic E-state index is 0.0905. The molecule has 0 spiro atoms. The first-order valence-corrected chi connectivity index (χ1v) is 7.88. The van der Waals surface area contributed by atoms with E-state index in [0.717, 1.165) is 28.7 Å². The van der Waals surface area contributed by atoms with Crippen molar-refractivity contribution in [2.45, 2.75) is 20.3 Å². The monoisotopic (exact) mass is 300 g/mol. The number of aryl methyl sites for hydroxylation is 2. The first kappa shape index (κ1) is 15.2. The standard InChI is InChI=1S/C22H20O/c1-16-7-11-18(12-8-16)15-20-5-3-4-6-21(20)22(23)19-13-9-17(2)10-14-19/h3-14H,15H2,1-2H3. The number of rotatable bonds is 4. The quantitative estimate of drug-likeness (QED) is 0.611. The molecule has 1 heteroatoms. The van der Waals surface area contributed by atoms with Crippen LogP contribution >= 0.6 is 0 Å². The van der Waals surface area contributed by atoms with Gasteiger partial charge in [0.1, 0.15) is 0 Å². The molecule has 0 radical (unpaired) electrons. The highest BCUT2D eigenvalue weighted by atomic mass is 16.1. The van der Waals surface area contributed by atoms with Crippen molar-refractivity contribution in [2.75, 3.05) is 0 Å². The Morgan fingerprint density at radius 1 is 0.739 bits per heavy atom. The van der Waals surface area contributed by atoms with Crippen molar-refractivity contribution >= 4 is 5.78 Å². The second-order valence-corrected chi connectivity index (χ2v) is 6.01. The highest BCUT2D eigenvalue weighted by Gasteiger charge is 2.13. The number of benzene rings is 3. The predicted octanol–water partition coefficient (Wildman–Crippen LogP) is 5.13. The number of carbonyl (C=O) groups excluding carboxylic acids is 1. The van der Waals surface area contributed by atoms with Crippen molar-refractivity contribution in [3.05, 3.63) is 106 Å². The molecular weight excluding hydrogens is 280 g/mol. The van der Waals surface area contributed by atoms with Gasteiger partial charge in [0.25, 0.3) is 0 Å². The zero-order chi connectivity index (χ0) is 16.2. The van der Waals surface area contributed by atoms with Gasteiger partial charge >= 0.3 is 0 Å². The van der Waals surface area contributed by atoms with Crippen LogP contribution in [0.2, 0.25) is 0 Å². The van der Waals surface area contributed by atoms with Crippen molar-refractivity contribution in [1.29, 1.82) is 0 Å². The Hall–Kier alpha value is -2.67. The Bertz CT molecular complexity index is 811. The summed E-state index contributed by atoms with van der Waals surface area (Å²) in [6.45, 7) is 4.11. The van der Waals surface area contributed by atoms with Gasteiger partial charge in [-0.15, -0.1) is 0 Å². The maximum absolute atomic E-state index is 12.8. The molecule has 0 aliphatic heterocycles. The second-order valence-electron chi connectivity index (χ2n) is 6.01. The van der Waals surface area contributed by atoms with Crippen molar-refractivity contribution in [3.8, 4) is 0 Å². The summed E-state index contributed by atoms with van der Waals surface area (Å²) in [7, 11) is 0. The Morgan fingerprint density at radius 3 is 1.96 bits per heavy atom. The molecule has 0 saturated carbocycles. The van der Waals surface area contributed by atoms with Gasteiger partial charge in [0.05, 0.1) is 0 Å². The van der Waals surface area contributed by atoms with Gasteiger partial charge in [0, 0.05) is 11.1 Å². The van der Waals surface area contributed by atoms with E-state index in [9.17, 15) is 4.79 Å². The lowest BCUT2D eigenvalue weighted by molar-refractivity contribution is 0.103. The molecule has 0 unspecified atom stereocenters. The number of carbonyl (C=O) groups is 1. The molecule has 0 bridgehead atoms.